The van der Waals surface area contributed by atoms with Gasteiger partial charge in [0.25, 0.3) is 5.91 Å². The van der Waals surface area contributed by atoms with Crippen LogP contribution < -0.4 is 31.7 Å². The molecule has 442 valence electrons. The topological polar surface area (TPSA) is 265 Å². The average molecular weight is 1130 g/mol. The zero-order valence-corrected chi connectivity index (χ0v) is 50.8. The molecule has 7 N–H and O–H groups in total. The van der Waals surface area contributed by atoms with Gasteiger partial charge in [0, 0.05) is 38.2 Å². The first-order chi connectivity index (χ1) is 36.9. The number of sulfonamides is 1. The van der Waals surface area contributed by atoms with E-state index in [-0.39, 0.29) is 30.9 Å². The van der Waals surface area contributed by atoms with Crippen LogP contribution in [0.1, 0.15) is 138 Å². The lowest BCUT2D eigenvalue weighted by molar-refractivity contribution is -0.141. The van der Waals surface area contributed by atoms with Crippen LogP contribution in [0.5, 0.6) is 0 Å². The summed E-state index contributed by atoms with van der Waals surface area (Å²) in [5.74, 6) is -3.75. The molecule has 0 radical (unpaired) electrons. The predicted octanol–water partition coefficient (Wildman–Crippen LogP) is 7.17. The smallest absolute Gasteiger partial charge is 0.410 e. The van der Waals surface area contributed by atoms with E-state index in [1.54, 1.807) is 93.6 Å². The molecular formula is C60H90N8O11S. The van der Waals surface area contributed by atoms with Crippen LogP contribution in [0.2, 0.25) is 0 Å². The molecule has 3 rings (SSSR count). The molecule has 7 amide bonds. The minimum atomic E-state index is -4.25. The summed E-state index contributed by atoms with van der Waals surface area (Å²) in [5.41, 5.74) is 5.57. The van der Waals surface area contributed by atoms with Crippen molar-refractivity contribution in [2.75, 3.05) is 20.6 Å². The Kier molecular flexibility index (Phi) is 24.5. The Bertz CT molecular complexity index is 2710. The maximum atomic E-state index is 14.7. The molecule has 0 aliphatic rings. The van der Waals surface area contributed by atoms with Gasteiger partial charge in [-0.3, -0.25) is 28.9 Å². The molecule has 80 heavy (non-hydrogen) atoms. The summed E-state index contributed by atoms with van der Waals surface area (Å²) in [7, 11) is -1.20. The lowest BCUT2D eigenvalue weighted by atomic mass is 9.76. The van der Waals surface area contributed by atoms with Crippen molar-refractivity contribution in [3.05, 3.63) is 119 Å². The van der Waals surface area contributed by atoms with E-state index in [0.717, 1.165) is 11.1 Å². The molecule has 3 aromatic rings. The highest BCUT2D eigenvalue weighted by atomic mass is 32.2. The summed E-state index contributed by atoms with van der Waals surface area (Å²) in [6, 6.07) is 20.1. The average Bonchev–Trinajstić information content (AvgIpc) is 3.34. The standard InChI is InChI=1S/C60H90N8O11S/c1-39(2)47(67(15)54(73)48(57(4,5)6)65-53(72)49(68(16)56(75)79-59(10,11)12)60(13,14)44-27-21-18-22-28-44)35-40(3)50(69)66-80(76,77)38-43-32-30-42(31-33-43)37-63-52(71)46(29-23-24-34-62-55(74)78-58(7,8)9)64-51(70)45(61)36-41-25-19-17-20-26-41/h17-22,25-28,30-33,35,39,45-49H,23-24,29,34,36-38,61H2,1-16H3,(H,62,74)(H,63,71)(H,64,70)(H,65,72)(H,66,69)/b40-35+/t45-,46-,47-,48-,49-/m1/s1. The third-order valence-electron chi connectivity index (χ3n) is 13.1. The van der Waals surface area contributed by atoms with Crippen LogP contribution in [0.3, 0.4) is 0 Å². The first-order valence-electron chi connectivity index (χ1n) is 27.2. The van der Waals surface area contributed by atoms with Crippen molar-refractivity contribution in [1.29, 1.82) is 0 Å². The summed E-state index contributed by atoms with van der Waals surface area (Å²) in [6.07, 6.45) is 1.73. The summed E-state index contributed by atoms with van der Waals surface area (Å²) in [4.78, 5) is 98.1. The molecule has 0 aliphatic carbocycles. The fraction of sp³-hybridized carbons (Fsp3) is 0.550. The van der Waals surface area contributed by atoms with E-state index < -0.39 is 110 Å². The fourth-order valence-corrected chi connectivity index (χ4v) is 9.93. The second-order valence-electron chi connectivity index (χ2n) is 24.4. The number of benzene rings is 3. The van der Waals surface area contributed by atoms with Crippen molar-refractivity contribution in [3.63, 3.8) is 0 Å². The molecule has 0 unspecified atom stereocenters. The van der Waals surface area contributed by atoms with E-state index in [9.17, 15) is 42.0 Å². The third kappa shape index (κ3) is 22.0. The first kappa shape index (κ1) is 67.5. The molecule has 0 aliphatic heterocycles. The number of rotatable bonds is 25. The number of amides is 7. The SMILES string of the molecule is C/C(=C\[C@H](C(C)C)N(C)C(=O)[C@@H](NC(=O)[C@@H](N(C)C(=O)OC(C)(C)C)C(C)(C)c1ccccc1)C(C)(C)C)C(=O)NS(=O)(=O)Cc1ccc(CNC(=O)[C@@H](CCCCNC(=O)OC(C)(C)C)NC(=O)[C@H](N)Cc2ccccc2)cc1. The van der Waals surface area contributed by atoms with Crippen LogP contribution in [-0.2, 0) is 67.6 Å². The van der Waals surface area contributed by atoms with Crippen LogP contribution in [0.15, 0.2) is 96.6 Å². The summed E-state index contributed by atoms with van der Waals surface area (Å²) >= 11 is 0. The summed E-state index contributed by atoms with van der Waals surface area (Å²) in [5, 5.41) is 11.3. The number of carbonyl (C=O) groups is 7. The van der Waals surface area contributed by atoms with Crippen molar-refractivity contribution in [2.45, 2.75) is 182 Å². The first-order valence-corrected chi connectivity index (χ1v) is 28.8. The second-order valence-corrected chi connectivity index (χ2v) is 26.2. The van der Waals surface area contributed by atoms with Gasteiger partial charge in [-0.2, -0.15) is 0 Å². The Morgan fingerprint density at radius 2 is 1.21 bits per heavy atom. The molecule has 3 aromatic carbocycles. The van der Waals surface area contributed by atoms with Crippen LogP contribution in [0.25, 0.3) is 0 Å². The Labute approximate surface area is 475 Å². The highest BCUT2D eigenvalue weighted by molar-refractivity contribution is 7.89. The van der Waals surface area contributed by atoms with Crippen molar-refractivity contribution >= 4 is 51.7 Å². The lowest BCUT2D eigenvalue weighted by Crippen LogP contribution is -2.63. The Morgan fingerprint density at radius 3 is 1.75 bits per heavy atom. The predicted molar refractivity (Wildman–Crippen MR) is 311 cm³/mol. The number of nitrogens with two attached hydrogens (primary N) is 1. The molecular weight excluding hydrogens is 1040 g/mol. The maximum Gasteiger partial charge on any atom is 0.410 e. The van der Waals surface area contributed by atoms with Gasteiger partial charge in [0.1, 0.15) is 29.3 Å². The number of hydrogen-bond acceptors (Lipinski definition) is 12. The number of nitrogens with one attached hydrogen (secondary N) is 5. The monoisotopic (exact) mass is 1130 g/mol. The van der Waals surface area contributed by atoms with Gasteiger partial charge in [0.2, 0.25) is 33.7 Å². The van der Waals surface area contributed by atoms with E-state index in [1.807, 2.05) is 88.4 Å². The van der Waals surface area contributed by atoms with E-state index in [2.05, 4.69) is 26.0 Å². The highest BCUT2D eigenvalue weighted by Gasteiger charge is 2.46. The summed E-state index contributed by atoms with van der Waals surface area (Å²) in [6.45, 7) is 25.1. The van der Waals surface area contributed by atoms with Gasteiger partial charge in [-0.1, -0.05) is 139 Å². The Hall–Kier alpha value is -6.80. The minimum absolute atomic E-state index is 0.0307. The van der Waals surface area contributed by atoms with Gasteiger partial charge in [-0.15, -0.1) is 0 Å². The number of unbranched alkanes of at least 4 members (excludes halogenated alkanes) is 1. The molecule has 0 fully saturated rings. The van der Waals surface area contributed by atoms with Gasteiger partial charge in [0.05, 0.1) is 17.8 Å². The Morgan fingerprint density at radius 1 is 0.662 bits per heavy atom. The van der Waals surface area contributed by atoms with Crippen LogP contribution in [0, 0.1) is 11.3 Å². The molecule has 0 bridgehead atoms. The number of carbonyl (C=O) groups excluding carboxylic acids is 7. The van der Waals surface area contributed by atoms with Gasteiger partial charge in [-0.25, -0.2) is 22.7 Å². The molecule has 0 spiro atoms. The van der Waals surface area contributed by atoms with Crippen LogP contribution >= 0.6 is 0 Å². The van der Waals surface area contributed by atoms with Crippen molar-refractivity contribution < 1.29 is 51.5 Å². The van der Waals surface area contributed by atoms with Gasteiger partial charge < -0.3 is 41.4 Å². The molecule has 0 saturated heterocycles. The number of likely N-dealkylation sites (N-methyl/N-ethyl adjacent to an activating group) is 2. The van der Waals surface area contributed by atoms with Crippen molar-refractivity contribution in [2.24, 2.45) is 17.1 Å². The molecule has 0 heterocycles. The Balaban J connectivity index is 1.73. The minimum Gasteiger partial charge on any atom is -0.444 e. The van der Waals surface area contributed by atoms with Crippen molar-refractivity contribution in [3.8, 4) is 0 Å². The summed E-state index contributed by atoms with van der Waals surface area (Å²) < 4.78 is 40.0. The molecule has 5 atom stereocenters. The highest BCUT2D eigenvalue weighted by Crippen LogP contribution is 2.33. The van der Waals surface area contributed by atoms with Gasteiger partial charge in [0.15, 0.2) is 0 Å². The van der Waals surface area contributed by atoms with Crippen molar-refractivity contribution in [1.82, 2.24) is 35.8 Å². The maximum absolute atomic E-state index is 14.7. The largest absolute Gasteiger partial charge is 0.444 e. The van der Waals surface area contributed by atoms with Crippen LogP contribution in [-0.4, -0.2) is 122 Å². The molecule has 20 heteroatoms. The quantitative estimate of drug-likeness (QED) is 0.0364. The number of hydrogen-bond donors (Lipinski definition) is 6. The van der Waals surface area contributed by atoms with E-state index in [4.69, 9.17) is 15.2 Å². The lowest BCUT2D eigenvalue weighted by Gasteiger charge is -2.42. The van der Waals surface area contributed by atoms with Gasteiger partial charge in [-0.05, 0) is 108 Å². The van der Waals surface area contributed by atoms with Crippen LogP contribution in [0.4, 0.5) is 9.59 Å². The van der Waals surface area contributed by atoms with E-state index >= 15 is 0 Å². The van der Waals surface area contributed by atoms with E-state index in [1.165, 1.54) is 29.8 Å². The fourth-order valence-electron chi connectivity index (χ4n) is 8.79. The van der Waals surface area contributed by atoms with Gasteiger partial charge >= 0.3 is 12.2 Å². The number of alkyl carbamates (subject to hydrolysis) is 1. The third-order valence-corrected chi connectivity index (χ3v) is 14.3. The number of nitrogens with zero attached hydrogens (tertiary/aromatic N) is 2. The zero-order chi connectivity index (χ0) is 60.6. The number of ether oxygens (including phenoxy) is 2. The second kappa shape index (κ2) is 29.1. The molecule has 0 saturated carbocycles. The molecule has 0 aromatic heterocycles. The molecule has 19 nitrogen and oxygen atoms in total. The zero-order valence-electron chi connectivity index (χ0n) is 49.9. The van der Waals surface area contributed by atoms with E-state index in [0.29, 0.717) is 30.5 Å². The normalized spacial score (nSPS) is 14.3.